The molecule has 0 aliphatic heterocycles. The van der Waals surface area contributed by atoms with Crippen molar-refractivity contribution in [2.75, 3.05) is 37.6 Å². The molecule has 3 N–H and O–H groups in total. The van der Waals surface area contributed by atoms with E-state index in [-0.39, 0.29) is 0 Å². The molecule has 4 atom stereocenters. The molecule has 10 nitrogen and oxygen atoms in total. The van der Waals surface area contributed by atoms with Crippen LogP contribution in [-0.4, -0.2) is 55.2 Å². The number of anilines is 2. The smallest absolute Gasteiger partial charge is 0.235 e. The Balaban J connectivity index is 1.80. The number of nitrogens with one attached hydrogen (secondary N) is 2. The topological polar surface area (TPSA) is 132 Å². The van der Waals surface area contributed by atoms with Gasteiger partial charge >= 0.3 is 0 Å². The molecular formula is C37H46N2O8. The first-order valence-corrected chi connectivity index (χ1v) is 16.3. The fourth-order valence-corrected chi connectivity index (χ4v) is 6.16. The standard InChI is InChI=1S/C37H46N2O8/c1-6-9-14-21-47-30-20-19-24(22-31(30)44-5)32-33(35(41)38-25-15-10-12-17-28(25)45-7-2)27(40)23-37(4,43)34(32)36(42)39-26-16-11-13-18-29(26)46-8-3/h10-13,15-20,22,32-34,43H,6-9,14,21,23H2,1-5H3,(H,38,41)(H,39,42). The van der Waals surface area contributed by atoms with Gasteiger partial charge < -0.3 is 34.7 Å². The molecule has 0 saturated heterocycles. The number of hydrogen-bond donors (Lipinski definition) is 3. The number of rotatable bonds is 15. The van der Waals surface area contributed by atoms with Gasteiger partial charge in [0.2, 0.25) is 11.8 Å². The number of benzene rings is 3. The lowest BCUT2D eigenvalue weighted by Gasteiger charge is -2.44. The van der Waals surface area contributed by atoms with Crippen molar-refractivity contribution >= 4 is 29.0 Å². The highest BCUT2D eigenvalue weighted by atomic mass is 16.5. The van der Waals surface area contributed by atoms with Gasteiger partial charge in [-0.05, 0) is 69.2 Å². The zero-order valence-electron chi connectivity index (χ0n) is 27.8. The molecule has 4 unspecified atom stereocenters. The van der Waals surface area contributed by atoms with Crippen LogP contribution in [0, 0.1) is 11.8 Å². The Kier molecular flexibility index (Phi) is 12.2. The van der Waals surface area contributed by atoms with E-state index < -0.39 is 47.4 Å². The molecule has 4 rings (SSSR count). The third-order valence-corrected chi connectivity index (χ3v) is 8.30. The number of Topliss-reactive ketones (excluding diaryl/α,β-unsaturated/α-hetero) is 1. The van der Waals surface area contributed by atoms with E-state index in [2.05, 4.69) is 17.6 Å². The Morgan fingerprint density at radius 1 is 0.809 bits per heavy atom. The highest BCUT2D eigenvalue weighted by Crippen LogP contribution is 2.48. The molecule has 1 aliphatic rings. The van der Waals surface area contributed by atoms with E-state index in [0.717, 1.165) is 19.3 Å². The van der Waals surface area contributed by atoms with Gasteiger partial charge in [0.25, 0.3) is 0 Å². The highest BCUT2D eigenvalue weighted by molar-refractivity contribution is 6.11. The maximum Gasteiger partial charge on any atom is 0.235 e. The van der Waals surface area contributed by atoms with E-state index in [9.17, 15) is 19.5 Å². The van der Waals surface area contributed by atoms with Crippen molar-refractivity contribution in [3.63, 3.8) is 0 Å². The van der Waals surface area contributed by atoms with Gasteiger partial charge in [0.1, 0.15) is 23.2 Å². The molecule has 0 bridgehead atoms. The van der Waals surface area contributed by atoms with Gasteiger partial charge in [-0.2, -0.15) is 0 Å². The van der Waals surface area contributed by atoms with Gasteiger partial charge in [0.05, 0.1) is 49.8 Å². The molecule has 2 amide bonds. The number of ketones is 1. The number of carbonyl (C=O) groups excluding carboxylic acids is 3. The van der Waals surface area contributed by atoms with E-state index >= 15 is 0 Å². The first-order valence-electron chi connectivity index (χ1n) is 16.3. The largest absolute Gasteiger partial charge is 0.493 e. The number of amides is 2. The molecule has 3 aromatic rings. The number of aliphatic hydroxyl groups is 1. The van der Waals surface area contributed by atoms with Crippen LogP contribution in [0.2, 0.25) is 0 Å². The Morgan fingerprint density at radius 2 is 1.40 bits per heavy atom. The van der Waals surface area contributed by atoms with Crippen LogP contribution in [0.25, 0.3) is 0 Å². The molecule has 0 spiro atoms. The molecular weight excluding hydrogens is 600 g/mol. The first kappa shape index (κ1) is 35.3. The average Bonchev–Trinajstić information content (AvgIpc) is 3.04. The number of hydrogen-bond acceptors (Lipinski definition) is 8. The summed E-state index contributed by atoms with van der Waals surface area (Å²) in [5.41, 5.74) is -0.531. The zero-order valence-corrected chi connectivity index (χ0v) is 27.8. The fourth-order valence-electron chi connectivity index (χ4n) is 6.16. The zero-order chi connectivity index (χ0) is 34.0. The van der Waals surface area contributed by atoms with E-state index in [1.807, 2.05) is 13.8 Å². The molecule has 1 aliphatic carbocycles. The van der Waals surface area contributed by atoms with E-state index in [1.54, 1.807) is 66.7 Å². The molecule has 1 saturated carbocycles. The third kappa shape index (κ3) is 8.43. The fraction of sp³-hybridized carbons (Fsp3) is 0.432. The summed E-state index contributed by atoms with van der Waals surface area (Å²) in [5.74, 6) is -3.52. The van der Waals surface area contributed by atoms with Crippen LogP contribution in [-0.2, 0) is 14.4 Å². The lowest BCUT2D eigenvalue weighted by molar-refractivity contribution is -0.150. The molecule has 47 heavy (non-hydrogen) atoms. The first-order chi connectivity index (χ1) is 22.6. The molecule has 0 radical (unpaired) electrons. The second kappa shape index (κ2) is 16.3. The van der Waals surface area contributed by atoms with Crippen molar-refractivity contribution in [1.29, 1.82) is 0 Å². The molecule has 0 aromatic heterocycles. The Bertz CT molecular complexity index is 1540. The molecule has 3 aromatic carbocycles. The maximum atomic E-state index is 14.3. The van der Waals surface area contributed by atoms with Gasteiger partial charge in [-0.1, -0.05) is 50.1 Å². The maximum absolute atomic E-state index is 14.3. The van der Waals surface area contributed by atoms with Crippen LogP contribution < -0.4 is 29.6 Å². The summed E-state index contributed by atoms with van der Waals surface area (Å²) in [6.45, 7) is 8.48. The van der Waals surface area contributed by atoms with Crippen molar-refractivity contribution < 1.29 is 38.4 Å². The van der Waals surface area contributed by atoms with Gasteiger partial charge in [-0.15, -0.1) is 0 Å². The molecule has 10 heteroatoms. The minimum absolute atomic E-state index is 0.374. The van der Waals surface area contributed by atoms with Crippen LogP contribution in [0.15, 0.2) is 66.7 Å². The lowest BCUT2D eigenvalue weighted by Crippen LogP contribution is -2.56. The number of carbonyl (C=O) groups is 3. The highest BCUT2D eigenvalue weighted by Gasteiger charge is 2.56. The van der Waals surface area contributed by atoms with E-state index in [4.69, 9.17) is 18.9 Å². The van der Waals surface area contributed by atoms with Crippen molar-refractivity contribution in [1.82, 2.24) is 0 Å². The van der Waals surface area contributed by atoms with Gasteiger partial charge in [0.15, 0.2) is 11.5 Å². The molecule has 1 fully saturated rings. The normalized spacial score (nSPS) is 20.6. The van der Waals surface area contributed by atoms with Gasteiger partial charge in [-0.3, -0.25) is 14.4 Å². The average molecular weight is 647 g/mol. The predicted molar refractivity (Wildman–Crippen MR) is 180 cm³/mol. The second-order valence-electron chi connectivity index (χ2n) is 11.8. The van der Waals surface area contributed by atoms with E-state index in [0.29, 0.717) is 59.8 Å². The van der Waals surface area contributed by atoms with Crippen molar-refractivity contribution in [2.24, 2.45) is 11.8 Å². The number of para-hydroxylation sites is 4. The van der Waals surface area contributed by atoms with Crippen LogP contribution in [0.3, 0.4) is 0 Å². The van der Waals surface area contributed by atoms with Crippen LogP contribution in [0.5, 0.6) is 23.0 Å². The van der Waals surface area contributed by atoms with E-state index in [1.165, 1.54) is 14.0 Å². The Hall–Kier alpha value is -4.57. The Labute approximate surface area is 276 Å². The summed E-state index contributed by atoms with van der Waals surface area (Å²) in [7, 11) is 1.50. The van der Waals surface area contributed by atoms with Crippen molar-refractivity contribution in [2.45, 2.75) is 64.9 Å². The monoisotopic (exact) mass is 646 g/mol. The molecule has 252 valence electrons. The van der Waals surface area contributed by atoms with Gasteiger partial charge in [0, 0.05) is 12.3 Å². The van der Waals surface area contributed by atoms with Crippen molar-refractivity contribution in [3.05, 3.63) is 72.3 Å². The number of ether oxygens (including phenoxy) is 4. The summed E-state index contributed by atoms with van der Waals surface area (Å²) in [4.78, 5) is 42.3. The SMILES string of the molecule is CCCCCOc1ccc(C2C(C(=O)Nc3ccccc3OCC)C(=O)CC(C)(O)C2C(=O)Nc2ccccc2OCC)cc1OC. The summed E-state index contributed by atoms with van der Waals surface area (Å²) in [6.07, 6.45) is 2.53. The summed E-state index contributed by atoms with van der Waals surface area (Å²) >= 11 is 0. The summed E-state index contributed by atoms with van der Waals surface area (Å²) in [6, 6.07) is 19.0. The molecule has 0 heterocycles. The Morgan fingerprint density at radius 3 is 1.98 bits per heavy atom. The lowest BCUT2D eigenvalue weighted by atomic mass is 9.61. The van der Waals surface area contributed by atoms with Crippen LogP contribution in [0.4, 0.5) is 11.4 Å². The van der Waals surface area contributed by atoms with Crippen LogP contribution in [0.1, 0.15) is 64.9 Å². The summed E-state index contributed by atoms with van der Waals surface area (Å²) < 4.78 is 23.1. The quantitative estimate of drug-likeness (QED) is 0.128. The number of unbranched alkanes of at least 4 members (excludes halogenated alkanes) is 2. The second-order valence-corrected chi connectivity index (χ2v) is 11.8. The van der Waals surface area contributed by atoms with Crippen LogP contribution >= 0.6 is 0 Å². The predicted octanol–water partition coefficient (Wildman–Crippen LogP) is 6.38. The van der Waals surface area contributed by atoms with Gasteiger partial charge in [-0.25, -0.2) is 0 Å². The van der Waals surface area contributed by atoms with Crippen molar-refractivity contribution in [3.8, 4) is 23.0 Å². The minimum Gasteiger partial charge on any atom is -0.493 e. The number of methoxy groups -OCH3 is 1. The third-order valence-electron chi connectivity index (χ3n) is 8.30. The summed E-state index contributed by atoms with van der Waals surface area (Å²) in [5, 5.41) is 17.6. The minimum atomic E-state index is -1.80.